The van der Waals surface area contributed by atoms with Crippen LogP contribution in [0.4, 0.5) is 5.82 Å². The Morgan fingerprint density at radius 1 is 1.21 bits per heavy atom. The maximum absolute atomic E-state index is 12.3. The van der Waals surface area contributed by atoms with Crippen molar-refractivity contribution in [2.24, 2.45) is 0 Å². The third kappa shape index (κ3) is 5.34. The second-order valence-electron chi connectivity index (χ2n) is 6.74. The van der Waals surface area contributed by atoms with E-state index in [1.165, 1.54) is 4.57 Å². The number of aliphatic hydroxyl groups excluding tert-OH is 2. The van der Waals surface area contributed by atoms with Gasteiger partial charge in [0.15, 0.2) is 17.7 Å². The lowest BCUT2D eigenvalue weighted by Crippen LogP contribution is -2.33. The lowest BCUT2D eigenvalue weighted by Gasteiger charge is -2.28. The smallest absolute Gasteiger partial charge is 0.383 e. The Labute approximate surface area is 205 Å². The van der Waals surface area contributed by atoms with Gasteiger partial charge in [-0.3, -0.25) is 18.3 Å². The van der Waals surface area contributed by atoms with Crippen LogP contribution >= 0.6 is 57.5 Å². The van der Waals surface area contributed by atoms with E-state index < -0.39 is 57.6 Å². The molecule has 0 aliphatic carbocycles. The average Bonchev–Trinajstić information content (AvgIpc) is 3.20. The number of halogens is 3. The van der Waals surface area contributed by atoms with Crippen LogP contribution in [-0.2, 0) is 27.3 Å². The second-order valence-corrected chi connectivity index (χ2v) is 15.3. The zero-order valence-electron chi connectivity index (χ0n) is 16.2. The second kappa shape index (κ2) is 9.51. The molecule has 16 nitrogen and oxygen atoms in total. The quantitative estimate of drug-likeness (QED) is 0.104. The first-order chi connectivity index (χ1) is 15.4. The first-order valence-electron chi connectivity index (χ1n) is 8.56. The van der Waals surface area contributed by atoms with Crippen molar-refractivity contribution in [3.63, 3.8) is 0 Å². The third-order valence-corrected chi connectivity index (χ3v) is 12.4. The molecule has 2 aromatic heterocycles. The fraction of sp³-hybridized carbons (Fsp3) is 0.545. The van der Waals surface area contributed by atoms with Gasteiger partial charge in [0.05, 0.1) is 12.9 Å². The van der Waals surface area contributed by atoms with Gasteiger partial charge in [-0.05, 0) is 11.6 Å². The van der Waals surface area contributed by atoms with Gasteiger partial charge < -0.3 is 39.9 Å². The van der Waals surface area contributed by atoms with Crippen molar-refractivity contribution >= 4 is 82.0 Å². The molecule has 188 valence electrons. The van der Waals surface area contributed by atoms with E-state index in [4.69, 9.17) is 62.6 Å². The van der Waals surface area contributed by atoms with Gasteiger partial charge >= 0.3 is 19.0 Å². The Morgan fingerprint density at radius 2 is 1.82 bits per heavy atom. The Balaban J connectivity index is 1.75. The Hall–Kier alpha value is -0.345. The number of nitrogens with two attached hydrogens (primary N) is 1. The fourth-order valence-electron chi connectivity index (χ4n) is 2.76. The van der Waals surface area contributed by atoms with Crippen molar-refractivity contribution in [3.05, 3.63) is 11.6 Å². The van der Waals surface area contributed by atoms with Crippen LogP contribution in [0.1, 0.15) is 6.23 Å². The predicted octanol–water partition coefficient (Wildman–Crippen LogP) is 0.443. The largest absolute Gasteiger partial charge is 0.387 e. The van der Waals surface area contributed by atoms with Crippen LogP contribution < -0.4 is 5.73 Å². The number of anilines is 1. The van der Waals surface area contributed by atoms with Gasteiger partial charge in [-0.1, -0.05) is 23.2 Å². The highest BCUT2D eigenvalue weighted by Crippen LogP contribution is 2.79. The number of nitrogen functional groups attached to an aromatic ring is 1. The predicted molar refractivity (Wildman–Crippen MR) is 117 cm³/mol. The Kier molecular flexibility index (Phi) is 7.90. The summed E-state index contributed by atoms with van der Waals surface area (Å²) in [7, 11) is -11.3. The van der Waals surface area contributed by atoms with E-state index in [0.717, 1.165) is 6.33 Å². The molecule has 1 aliphatic rings. The van der Waals surface area contributed by atoms with Crippen molar-refractivity contribution < 1.29 is 52.2 Å². The minimum absolute atomic E-state index is 0.0439. The van der Waals surface area contributed by atoms with Crippen LogP contribution in [0, 0.1) is 0 Å². The van der Waals surface area contributed by atoms with Gasteiger partial charge in [0.2, 0.25) is 12.8 Å². The van der Waals surface area contributed by atoms with Crippen LogP contribution in [0.3, 0.4) is 0 Å². The molecular formula is C11H14BCl3N5O11P3. The van der Waals surface area contributed by atoms with Crippen LogP contribution in [0.5, 0.6) is 0 Å². The number of hydrogen-bond donors (Lipinski definition) is 6. The molecule has 3 rings (SSSR count). The van der Waals surface area contributed by atoms with Gasteiger partial charge in [-0.25, -0.2) is 9.29 Å². The van der Waals surface area contributed by atoms with Gasteiger partial charge in [-0.15, -0.1) is 0 Å². The number of fused-ring (bicyclic) bond motifs is 1. The molecule has 2 radical (unpaired) electrons. The molecule has 1 saturated heterocycles. The summed E-state index contributed by atoms with van der Waals surface area (Å²) in [6.45, 7) is -0.902. The Morgan fingerprint density at radius 3 is 2.41 bits per heavy atom. The molecule has 2 unspecified atom stereocenters. The molecular weight excluding hydrogens is 588 g/mol. The van der Waals surface area contributed by atoms with E-state index in [2.05, 4.69) is 23.8 Å². The highest BCUT2D eigenvalue weighted by molar-refractivity contribution is 7.88. The van der Waals surface area contributed by atoms with Crippen molar-refractivity contribution in [2.45, 2.75) is 28.4 Å². The summed E-state index contributed by atoms with van der Waals surface area (Å²) in [5.41, 5.74) is 5.87. The van der Waals surface area contributed by atoms with E-state index in [1.54, 1.807) is 0 Å². The molecule has 2 aromatic rings. The van der Waals surface area contributed by atoms with Crippen molar-refractivity contribution in [2.75, 3.05) is 12.3 Å². The van der Waals surface area contributed by atoms with E-state index in [1.807, 2.05) is 0 Å². The zero-order valence-corrected chi connectivity index (χ0v) is 21.1. The molecule has 0 spiro atoms. The van der Waals surface area contributed by atoms with Gasteiger partial charge in [0.25, 0.3) is 7.47 Å². The number of alkyl halides is 2. The molecule has 6 atom stereocenters. The minimum atomic E-state index is -5.76. The standard InChI is InChI=1S/C11H14BCl3N5O11P3/c12-34(28,31-33(26,27)11(14,15)32(23,24)25)29-1-3-5(21)6(22)9(30-3)20-2-17-4-7(16)18-10(13)19-8(4)20/h2-3,5-6,9,21-22H,1H2,(H,26,27)(H2,16,18,19)(H2,23,24,25)/t3-,5-,6-,9-,34?/m1/s1. The average molecular weight is 602 g/mol. The number of imidazole rings is 1. The fourth-order valence-corrected chi connectivity index (χ4v) is 7.31. The molecule has 34 heavy (non-hydrogen) atoms. The summed E-state index contributed by atoms with van der Waals surface area (Å²) in [4.78, 5) is 39.4. The van der Waals surface area contributed by atoms with Crippen LogP contribution in [0.2, 0.25) is 5.28 Å². The number of aromatic nitrogens is 4. The summed E-state index contributed by atoms with van der Waals surface area (Å²) in [5, 5.41) is 20.4. The molecule has 0 aromatic carbocycles. The van der Waals surface area contributed by atoms with Gasteiger partial charge in [0, 0.05) is 0 Å². The lowest BCUT2D eigenvalue weighted by molar-refractivity contribution is -0.0478. The molecule has 1 aliphatic heterocycles. The zero-order chi connectivity index (χ0) is 25.9. The molecule has 23 heteroatoms. The molecule has 1 fully saturated rings. The van der Waals surface area contributed by atoms with Crippen LogP contribution in [0.15, 0.2) is 6.33 Å². The normalized spacial score (nSPS) is 27.5. The number of aliphatic hydroxyl groups is 2. The highest BCUT2D eigenvalue weighted by atomic mass is 35.5. The summed E-state index contributed by atoms with van der Waals surface area (Å²) in [6.07, 6.45) is -4.94. The van der Waals surface area contributed by atoms with Crippen molar-refractivity contribution in [1.82, 2.24) is 19.5 Å². The minimum Gasteiger partial charge on any atom is -0.387 e. The topological polar surface area (TPSA) is 250 Å². The number of hydrogen-bond acceptors (Lipinski definition) is 12. The van der Waals surface area contributed by atoms with E-state index in [0.29, 0.717) is 0 Å². The van der Waals surface area contributed by atoms with Gasteiger partial charge in [-0.2, -0.15) is 9.97 Å². The SMILES string of the molecule is [B]P(=O)(OC[C@H]1O[C@@H](n2cnc3c(N)nc(Cl)nc32)[C@H](O)[C@@H]1O)OP(=O)(O)C(Cl)(Cl)P(=O)(O)O. The van der Waals surface area contributed by atoms with E-state index in [9.17, 15) is 28.8 Å². The summed E-state index contributed by atoms with van der Waals surface area (Å²) in [5.74, 6) is -0.0683. The van der Waals surface area contributed by atoms with Gasteiger partial charge in [0.1, 0.15) is 23.8 Å². The molecule has 0 saturated carbocycles. The molecule has 0 amide bonds. The molecule has 3 heterocycles. The number of nitrogens with zero attached hydrogens (tertiary/aromatic N) is 4. The van der Waals surface area contributed by atoms with Crippen molar-refractivity contribution in [3.8, 4) is 0 Å². The first-order valence-corrected chi connectivity index (χ1v) is 14.5. The summed E-state index contributed by atoms with van der Waals surface area (Å²) in [6, 6.07) is 0. The summed E-state index contributed by atoms with van der Waals surface area (Å²) < 4.78 is 47.4. The maximum atomic E-state index is 12.3. The van der Waals surface area contributed by atoms with E-state index in [-0.39, 0.29) is 22.3 Å². The van der Waals surface area contributed by atoms with Crippen LogP contribution in [0.25, 0.3) is 11.2 Å². The maximum Gasteiger partial charge on any atom is 0.383 e. The third-order valence-electron chi connectivity index (χ3n) is 4.37. The number of rotatable bonds is 8. The monoisotopic (exact) mass is 601 g/mol. The Bertz CT molecular complexity index is 1250. The summed E-state index contributed by atoms with van der Waals surface area (Å²) >= 11 is 16.2. The van der Waals surface area contributed by atoms with E-state index >= 15 is 0 Å². The van der Waals surface area contributed by atoms with Crippen molar-refractivity contribution in [1.29, 1.82) is 0 Å². The highest BCUT2D eigenvalue weighted by Gasteiger charge is 2.62. The van der Waals surface area contributed by atoms with Crippen LogP contribution in [-0.4, -0.2) is 80.7 Å². The first kappa shape index (κ1) is 28.2. The number of ether oxygens (including phenoxy) is 1. The molecule has 0 bridgehead atoms. The molecule has 7 N–H and O–H groups in total. The lowest BCUT2D eigenvalue weighted by atomic mass is 10.1.